The van der Waals surface area contributed by atoms with Gasteiger partial charge in [0.15, 0.2) is 0 Å². The zero-order valence-electron chi connectivity index (χ0n) is 14.2. The Balaban J connectivity index is -0.0000000197. The molecule has 0 saturated carbocycles. The fourth-order valence-electron chi connectivity index (χ4n) is 0. The molecule has 0 unspecified atom stereocenters. The monoisotopic (exact) mass is 398 g/mol. The van der Waals surface area contributed by atoms with E-state index in [1.165, 1.54) is 0 Å². The Hall–Kier alpha value is 0.319. The third-order valence-corrected chi connectivity index (χ3v) is 0.167. The quantitative estimate of drug-likeness (QED) is 0.398. The van der Waals surface area contributed by atoms with Crippen LogP contribution in [0.3, 0.4) is 0 Å². The zero-order chi connectivity index (χ0) is 17.7. The van der Waals surface area contributed by atoms with E-state index < -0.39 is 23.9 Å². The summed E-state index contributed by atoms with van der Waals surface area (Å²) in [6.45, 7) is 5.08. The number of nitrogens with two attached hydrogens (primary N) is 2. The average Bonchev–Trinajstić information content (AvgIpc) is 2.13. The van der Waals surface area contributed by atoms with E-state index in [0.29, 0.717) is 13.1 Å². The van der Waals surface area contributed by atoms with Gasteiger partial charge in [0.2, 0.25) is 0 Å². The summed E-state index contributed by atoms with van der Waals surface area (Å²) in [5.41, 5.74) is 9.81. The van der Waals surface area contributed by atoms with Crippen molar-refractivity contribution in [3.8, 4) is 0 Å². The summed E-state index contributed by atoms with van der Waals surface area (Å²) in [7, 11) is 0. The van der Waals surface area contributed by atoms with Gasteiger partial charge >= 0.3 is 76.2 Å². The molecule has 0 bridgehead atoms. The summed E-state index contributed by atoms with van der Waals surface area (Å²) < 4.78 is 0. The standard InChI is InChI=1S/C2H8N2.4C2H4O2.Fe.2Na/c3-1-2-4;4*1-2(3)4;;;/h1-4H2;4*1H3,(H,3,4);;;/q;;;;;+2;2*+1/p-4. The van der Waals surface area contributed by atoms with Gasteiger partial charge in [0.25, 0.3) is 0 Å². The Morgan fingerprint density at radius 1 is 0.609 bits per heavy atom. The molecule has 0 radical (unpaired) electrons. The second kappa shape index (κ2) is 49.5. The predicted octanol–water partition coefficient (Wildman–Crippen LogP) is -12.1. The summed E-state index contributed by atoms with van der Waals surface area (Å²) in [6, 6.07) is 0. The number of hydrogen-bond acceptors (Lipinski definition) is 10. The van der Waals surface area contributed by atoms with Crippen LogP contribution in [0.1, 0.15) is 27.7 Å². The van der Waals surface area contributed by atoms with Crippen molar-refractivity contribution < 1.29 is 116 Å². The van der Waals surface area contributed by atoms with Gasteiger partial charge in [0, 0.05) is 37.0 Å². The molecule has 0 heterocycles. The van der Waals surface area contributed by atoms with E-state index in [1.807, 2.05) is 0 Å². The predicted molar refractivity (Wildman–Crippen MR) is 60.8 cm³/mol. The van der Waals surface area contributed by atoms with E-state index in [0.717, 1.165) is 27.7 Å². The number of carbonyl (C=O) groups is 4. The van der Waals surface area contributed by atoms with E-state index in [9.17, 15) is 0 Å². The molecule has 128 valence electrons. The first-order chi connectivity index (χ1) is 8.84. The topological polar surface area (TPSA) is 213 Å². The van der Waals surface area contributed by atoms with E-state index in [2.05, 4.69) is 0 Å². The van der Waals surface area contributed by atoms with Gasteiger partial charge in [0.1, 0.15) is 0 Å². The number of rotatable bonds is 1. The van der Waals surface area contributed by atoms with Crippen LogP contribution >= 0.6 is 0 Å². The maximum absolute atomic E-state index is 8.89. The van der Waals surface area contributed by atoms with Crippen LogP contribution in [0.5, 0.6) is 0 Å². The molecule has 0 amide bonds. The fraction of sp³-hybridized carbons (Fsp3) is 0.600. The van der Waals surface area contributed by atoms with Crippen molar-refractivity contribution in [1.82, 2.24) is 0 Å². The van der Waals surface area contributed by atoms with Gasteiger partial charge in [0.05, 0.1) is 0 Å². The first-order valence-corrected chi connectivity index (χ1v) is 4.95. The van der Waals surface area contributed by atoms with Crippen molar-refractivity contribution in [2.45, 2.75) is 27.7 Å². The molecule has 0 spiro atoms. The largest absolute Gasteiger partial charge is 2.00 e. The number of carboxylic acid groups (broad SMARTS) is 4. The molecule has 0 aliphatic rings. The van der Waals surface area contributed by atoms with Crippen LogP contribution in [0, 0.1) is 0 Å². The molecule has 23 heavy (non-hydrogen) atoms. The molecule has 0 aromatic heterocycles. The van der Waals surface area contributed by atoms with Crippen molar-refractivity contribution in [2.75, 3.05) is 13.1 Å². The smallest absolute Gasteiger partial charge is 0.550 e. The summed E-state index contributed by atoms with van der Waals surface area (Å²) >= 11 is 0. The maximum atomic E-state index is 8.89. The van der Waals surface area contributed by atoms with Crippen LogP contribution in [0.2, 0.25) is 0 Å². The Morgan fingerprint density at radius 2 is 0.652 bits per heavy atom. The van der Waals surface area contributed by atoms with Crippen LogP contribution in [-0.2, 0) is 36.2 Å². The molecule has 0 aromatic carbocycles. The fourth-order valence-corrected chi connectivity index (χ4v) is 0. The molecular formula is C10H20FeN2Na2O8. The van der Waals surface area contributed by atoms with Crippen LogP contribution in [0.25, 0.3) is 0 Å². The minimum Gasteiger partial charge on any atom is -0.550 e. The van der Waals surface area contributed by atoms with Gasteiger partial charge in [-0.1, -0.05) is 0 Å². The molecule has 4 N–H and O–H groups in total. The van der Waals surface area contributed by atoms with E-state index >= 15 is 0 Å². The number of hydrogen-bond donors (Lipinski definition) is 2. The van der Waals surface area contributed by atoms with Crippen molar-refractivity contribution in [2.24, 2.45) is 11.5 Å². The van der Waals surface area contributed by atoms with Gasteiger partial charge in [-0.2, -0.15) is 0 Å². The SMILES string of the molecule is CC(=O)[O-].CC(=O)[O-].CC(=O)[O-].CC(=O)[O-].NCCN.[Fe+2].[Na+].[Na+]. The van der Waals surface area contributed by atoms with Crippen LogP contribution < -0.4 is 91.0 Å². The molecule has 0 saturated heterocycles. The van der Waals surface area contributed by atoms with Crippen molar-refractivity contribution in [3.05, 3.63) is 0 Å². The molecule has 0 aromatic rings. The molecule has 0 aliphatic heterocycles. The maximum Gasteiger partial charge on any atom is 2.00 e. The molecule has 13 heteroatoms. The van der Waals surface area contributed by atoms with Crippen LogP contribution in [0.4, 0.5) is 0 Å². The van der Waals surface area contributed by atoms with Gasteiger partial charge in [-0.15, -0.1) is 0 Å². The van der Waals surface area contributed by atoms with Gasteiger partial charge in [-0.3, -0.25) is 0 Å². The first-order valence-electron chi connectivity index (χ1n) is 4.95. The van der Waals surface area contributed by atoms with Gasteiger partial charge in [-0.05, 0) is 27.7 Å². The second-order valence-corrected chi connectivity index (χ2v) is 2.54. The minimum absolute atomic E-state index is 0. The summed E-state index contributed by atoms with van der Waals surface area (Å²) in [6.07, 6.45) is 0. The zero-order valence-corrected chi connectivity index (χ0v) is 19.3. The van der Waals surface area contributed by atoms with Crippen molar-refractivity contribution in [3.63, 3.8) is 0 Å². The molecule has 0 atom stereocenters. The van der Waals surface area contributed by atoms with E-state index in [-0.39, 0.29) is 76.2 Å². The van der Waals surface area contributed by atoms with Gasteiger partial charge in [-0.25, -0.2) is 0 Å². The van der Waals surface area contributed by atoms with Crippen molar-refractivity contribution >= 4 is 23.9 Å². The molecule has 0 fully saturated rings. The number of carbonyl (C=O) groups excluding carboxylic acids is 4. The Bertz CT molecular complexity index is 205. The second-order valence-electron chi connectivity index (χ2n) is 2.54. The third kappa shape index (κ3) is 5290. The normalized spacial score (nSPS) is 5.65. The summed E-state index contributed by atoms with van der Waals surface area (Å²) in [4.78, 5) is 35.6. The van der Waals surface area contributed by atoms with Gasteiger partial charge < -0.3 is 51.1 Å². The molecular weight excluding hydrogens is 378 g/mol. The molecule has 0 aliphatic carbocycles. The van der Waals surface area contributed by atoms with E-state index in [4.69, 9.17) is 51.1 Å². The van der Waals surface area contributed by atoms with Crippen molar-refractivity contribution in [1.29, 1.82) is 0 Å². The Kier molecular flexibility index (Phi) is 106. The number of carboxylic acids is 4. The average molecular weight is 398 g/mol. The Morgan fingerprint density at radius 3 is 0.652 bits per heavy atom. The molecule has 0 rings (SSSR count). The third-order valence-electron chi connectivity index (χ3n) is 0.167. The summed E-state index contributed by atoms with van der Waals surface area (Å²) in [5.74, 6) is -4.33. The first kappa shape index (κ1) is 49.5. The number of aliphatic carboxylic acids is 4. The minimum atomic E-state index is -1.08. The van der Waals surface area contributed by atoms with Crippen LogP contribution in [-0.4, -0.2) is 37.0 Å². The van der Waals surface area contributed by atoms with Crippen LogP contribution in [0.15, 0.2) is 0 Å². The summed E-state index contributed by atoms with van der Waals surface area (Å²) in [5, 5.41) is 35.6. The Labute approximate surface area is 190 Å². The molecule has 10 nitrogen and oxygen atoms in total. The van der Waals surface area contributed by atoms with E-state index in [1.54, 1.807) is 0 Å².